The third-order valence-corrected chi connectivity index (χ3v) is 5.37. The van der Waals surface area contributed by atoms with E-state index in [0.29, 0.717) is 5.56 Å². The molecule has 29 heavy (non-hydrogen) atoms. The predicted molar refractivity (Wildman–Crippen MR) is 104 cm³/mol. The van der Waals surface area contributed by atoms with Crippen molar-refractivity contribution in [2.24, 2.45) is 0 Å². The standard InChI is InChI=1S/C18H17N5O5S/c24-18(14-12-20-22(13-14)15-5-2-1-3-6-15)19-9-10-21-29(27,28)17-8-4-7-16(11-17)23(25)26/h1-8,11-13,21H,9-10H2,(H,19,24). The van der Waals surface area contributed by atoms with Gasteiger partial charge in [0, 0.05) is 31.4 Å². The molecule has 0 aliphatic carbocycles. The van der Waals surface area contributed by atoms with Crippen LogP contribution in [0.25, 0.3) is 5.69 Å². The lowest BCUT2D eigenvalue weighted by molar-refractivity contribution is -0.385. The minimum Gasteiger partial charge on any atom is -0.351 e. The summed E-state index contributed by atoms with van der Waals surface area (Å²) in [5.74, 6) is -0.401. The minimum atomic E-state index is -3.93. The Morgan fingerprint density at radius 3 is 2.59 bits per heavy atom. The molecule has 11 heteroatoms. The number of nitrogens with one attached hydrogen (secondary N) is 2. The first-order valence-corrected chi connectivity index (χ1v) is 9.97. The molecule has 0 fully saturated rings. The van der Waals surface area contributed by atoms with E-state index in [2.05, 4.69) is 15.1 Å². The second-order valence-electron chi connectivity index (χ2n) is 5.92. The lowest BCUT2D eigenvalue weighted by atomic mass is 10.3. The van der Waals surface area contributed by atoms with Crippen molar-refractivity contribution in [3.05, 3.63) is 82.7 Å². The van der Waals surface area contributed by atoms with Crippen LogP contribution in [0.1, 0.15) is 10.4 Å². The van der Waals surface area contributed by atoms with Gasteiger partial charge in [-0.25, -0.2) is 17.8 Å². The monoisotopic (exact) mass is 415 g/mol. The summed E-state index contributed by atoms with van der Waals surface area (Å²) in [6.45, 7) is -0.0485. The Morgan fingerprint density at radius 2 is 1.86 bits per heavy atom. The number of benzene rings is 2. The number of carbonyl (C=O) groups excluding carboxylic acids is 1. The molecule has 0 saturated carbocycles. The van der Waals surface area contributed by atoms with Gasteiger partial charge in [-0.05, 0) is 18.2 Å². The van der Waals surface area contributed by atoms with Gasteiger partial charge in [-0.3, -0.25) is 14.9 Å². The van der Waals surface area contributed by atoms with E-state index in [1.165, 1.54) is 24.4 Å². The highest BCUT2D eigenvalue weighted by molar-refractivity contribution is 7.89. The van der Waals surface area contributed by atoms with E-state index in [1.807, 2.05) is 30.3 Å². The third kappa shape index (κ3) is 5.03. The number of nitro groups is 1. The molecule has 0 unspecified atom stereocenters. The molecule has 2 N–H and O–H groups in total. The van der Waals surface area contributed by atoms with Crippen LogP contribution in [0.3, 0.4) is 0 Å². The van der Waals surface area contributed by atoms with Crippen LogP contribution in [0.5, 0.6) is 0 Å². The van der Waals surface area contributed by atoms with Gasteiger partial charge in [0.15, 0.2) is 0 Å². The zero-order valence-corrected chi connectivity index (χ0v) is 15.9. The summed E-state index contributed by atoms with van der Waals surface area (Å²) in [4.78, 5) is 22.1. The Kier molecular flexibility index (Phi) is 6.00. The van der Waals surface area contributed by atoms with Crippen LogP contribution in [0.15, 0.2) is 71.9 Å². The predicted octanol–water partition coefficient (Wildman–Crippen LogP) is 1.49. The SMILES string of the molecule is O=C(NCCNS(=O)(=O)c1cccc([N+](=O)[O-])c1)c1cnn(-c2ccccc2)c1. The highest BCUT2D eigenvalue weighted by atomic mass is 32.2. The minimum absolute atomic E-state index is 0.0313. The second kappa shape index (κ2) is 8.63. The number of hydrogen-bond acceptors (Lipinski definition) is 6. The molecule has 0 aliphatic heterocycles. The molecule has 0 saturated heterocycles. The van der Waals surface area contributed by atoms with E-state index < -0.39 is 20.9 Å². The molecule has 0 spiro atoms. The fourth-order valence-corrected chi connectivity index (χ4v) is 3.54. The summed E-state index contributed by atoms with van der Waals surface area (Å²) >= 11 is 0. The summed E-state index contributed by atoms with van der Waals surface area (Å²) in [6.07, 6.45) is 2.98. The largest absolute Gasteiger partial charge is 0.351 e. The molecule has 1 heterocycles. The van der Waals surface area contributed by atoms with E-state index in [-0.39, 0.29) is 23.7 Å². The highest BCUT2D eigenvalue weighted by Gasteiger charge is 2.17. The topological polar surface area (TPSA) is 136 Å². The van der Waals surface area contributed by atoms with E-state index in [9.17, 15) is 23.3 Å². The summed E-state index contributed by atoms with van der Waals surface area (Å²) < 4.78 is 28.3. The van der Waals surface area contributed by atoms with Crippen LogP contribution in [0, 0.1) is 10.1 Å². The van der Waals surface area contributed by atoms with Crippen LogP contribution in [-0.2, 0) is 10.0 Å². The molecule has 1 amide bonds. The molecule has 0 bridgehead atoms. The van der Waals surface area contributed by atoms with Crippen molar-refractivity contribution in [1.29, 1.82) is 0 Å². The Morgan fingerprint density at radius 1 is 1.10 bits per heavy atom. The highest BCUT2D eigenvalue weighted by Crippen LogP contribution is 2.16. The van der Waals surface area contributed by atoms with Gasteiger partial charge in [0.2, 0.25) is 10.0 Å². The number of sulfonamides is 1. The fraction of sp³-hybridized carbons (Fsp3) is 0.111. The van der Waals surface area contributed by atoms with Crippen molar-refractivity contribution in [3.8, 4) is 5.69 Å². The molecule has 0 aliphatic rings. The lowest BCUT2D eigenvalue weighted by Crippen LogP contribution is -2.34. The summed E-state index contributed by atoms with van der Waals surface area (Å²) in [7, 11) is -3.93. The van der Waals surface area contributed by atoms with Crippen molar-refractivity contribution in [1.82, 2.24) is 19.8 Å². The Hall–Kier alpha value is -3.57. The summed E-state index contributed by atoms with van der Waals surface area (Å²) in [5, 5.41) is 17.5. The van der Waals surface area contributed by atoms with Gasteiger partial charge in [-0.2, -0.15) is 5.10 Å². The van der Waals surface area contributed by atoms with E-state index >= 15 is 0 Å². The number of amides is 1. The molecule has 0 radical (unpaired) electrons. The first-order chi connectivity index (χ1) is 13.9. The molecule has 1 aromatic heterocycles. The maximum absolute atomic E-state index is 12.2. The third-order valence-electron chi connectivity index (χ3n) is 3.91. The lowest BCUT2D eigenvalue weighted by Gasteiger charge is -2.07. The quantitative estimate of drug-likeness (QED) is 0.325. The number of non-ortho nitro benzene ring substituents is 1. The van der Waals surface area contributed by atoms with E-state index in [0.717, 1.165) is 11.8 Å². The Labute approximate surface area is 166 Å². The molecule has 150 valence electrons. The Bertz CT molecular complexity index is 1130. The van der Waals surface area contributed by atoms with Crippen molar-refractivity contribution in [3.63, 3.8) is 0 Å². The van der Waals surface area contributed by atoms with Gasteiger partial charge in [-0.1, -0.05) is 24.3 Å². The molecule has 3 aromatic rings. The first-order valence-electron chi connectivity index (χ1n) is 8.49. The zero-order chi connectivity index (χ0) is 20.9. The van der Waals surface area contributed by atoms with Gasteiger partial charge in [0.05, 0.1) is 27.3 Å². The van der Waals surface area contributed by atoms with E-state index in [1.54, 1.807) is 10.9 Å². The van der Waals surface area contributed by atoms with Crippen LogP contribution in [-0.4, -0.2) is 42.1 Å². The first kappa shape index (κ1) is 20.2. The van der Waals surface area contributed by atoms with Crippen molar-refractivity contribution >= 4 is 21.6 Å². The van der Waals surface area contributed by atoms with Crippen molar-refractivity contribution in [2.75, 3.05) is 13.1 Å². The number of aromatic nitrogens is 2. The van der Waals surface area contributed by atoms with Gasteiger partial charge in [0.25, 0.3) is 11.6 Å². The Balaban J connectivity index is 1.54. The number of hydrogen-bond donors (Lipinski definition) is 2. The van der Waals surface area contributed by atoms with Gasteiger partial charge in [0.1, 0.15) is 0 Å². The van der Waals surface area contributed by atoms with Crippen molar-refractivity contribution in [2.45, 2.75) is 4.90 Å². The van der Waals surface area contributed by atoms with Crippen LogP contribution in [0.2, 0.25) is 0 Å². The van der Waals surface area contributed by atoms with Crippen LogP contribution >= 0.6 is 0 Å². The molecular formula is C18H17N5O5S. The van der Waals surface area contributed by atoms with Gasteiger partial charge >= 0.3 is 0 Å². The smallest absolute Gasteiger partial charge is 0.270 e. The number of nitrogens with zero attached hydrogens (tertiary/aromatic N) is 3. The molecular weight excluding hydrogens is 398 g/mol. The molecule has 10 nitrogen and oxygen atoms in total. The molecule has 0 atom stereocenters. The maximum Gasteiger partial charge on any atom is 0.270 e. The number of para-hydroxylation sites is 1. The average molecular weight is 415 g/mol. The molecule has 3 rings (SSSR count). The number of carbonyl (C=O) groups is 1. The fourth-order valence-electron chi connectivity index (χ4n) is 2.47. The molecule has 2 aromatic carbocycles. The summed E-state index contributed by atoms with van der Waals surface area (Å²) in [6, 6.07) is 14.0. The number of nitro benzene ring substituents is 1. The maximum atomic E-state index is 12.2. The average Bonchev–Trinajstić information content (AvgIpc) is 3.22. The van der Waals surface area contributed by atoms with Crippen LogP contribution < -0.4 is 10.0 Å². The normalized spacial score (nSPS) is 11.2. The number of rotatable bonds is 8. The van der Waals surface area contributed by atoms with Gasteiger partial charge < -0.3 is 5.32 Å². The second-order valence-corrected chi connectivity index (χ2v) is 7.68. The zero-order valence-electron chi connectivity index (χ0n) is 15.1. The van der Waals surface area contributed by atoms with Crippen molar-refractivity contribution < 1.29 is 18.1 Å². The summed E-state index contributed by atoms with van der Waals surface area (Å²) in [5.41, 5.74) is 0.809. The van der Waals surface area contributed by atoms with E-state index in [4.69, 9.17) is 0 Å². The van der Waals surface area contributed by atoms with Crippen LogP contribution in [0.4, 0.5) is 5.69 Å². The van der Waals surface area contributed by atoms with Gasteiger partial charge in [-0.15, -0.1) is 0 Å².